The Morgan fingerprint density at radius 2 is 1.85 bits per heavy atom. The highest BCUT2D eigenvalue weighted by atomic mass is 79.9. The lowest BCUT2D eigenvalue weighted by molar-refractivity contribution is -0.136. The zero-order chi connectivity index (χ0) is 15.2. The number of halogens is 1. The molecular weight excluding hydrogens is 344 g/mol. The van der Waals surface area contributed by atoms with Gasteiger partial charge in [0.05, 0.1) is 4.90 Å². The van der Waals surface area contributed by atoms with Crippen molar-refractivity contribution in [2.75, 3.05) is 6.61 Å². The first-order chi connectivity index (χ1) is 9.31. The monoisotopic (exact) mass is 358 g/mol. The molecule has 0 heterocycles. The van der Waals surface area contributed by atoms with E-state index in [1.165, 1.54) is 18.2 Å². The fourth-order valence-corrected chi connectivity index (χ4v) is 3.23. The first-order valence-corrected chi connectivity index (χ1v) is 8.13. The molecule has 0 saturated carbocycles. The fourth-order valence-electron chi connectivity index (χ4n) is 1.30. The Morgan fingerprint density at radius 1 is 1.25 bits per heavy atom. The van der Waals surface area contributed by atoms with Crippen molar-refractivity contribution in [3.63, 3.8) is 0 Å². The molecule has 20 heavy (non-hydrogen) atoms. The van der Waals surface area contributed by atoms with E-state index >= 15 is 0 Å². The molecule has 1 aromatic carbocycles. The second kappa shape index (κ2) is 7.40. The third kappa shape index (κ3) is 5.71. The minimum Gasteiger partial charge on any atom is -0.457 e. The standard InChI is InChI=1S/C14H15BrO4S/c1-11(2)8-14(16)19-9-12(15)10-20(17,18)13-6-4-3-5-7-13/h3-8,10H,9H2,1-2H3/b12-10+. The topological polar surface area (TPSA) is 60.4 Å². The summed E-state index contributed by atoms with van der Waals surface area (Å²) in [6.07, 6.45) is 1.34. The van der Waals surface area contributed by atoms with E-state index in [9.17, 15) is 13.2 Å². The second-order valence-corrected chi connectivity index (χ2v) is 7.07. The van der Waals surface area contributed by atoms with Crippen LogP contribution in [0, 0.1) is 0 Å². The Morgan fingerprint density at radius 3 is 2.40 bits per heavy atom. The van der Waals surface area contributed by atoms with Gasteiger partial charge < -0.3 is 4.74 Å². The maximum absolute atomic E-state index is 12.0. The van der Waals surface area contributed by atoms with Crippen LogP contribution in [0.2, 0.25) is 0 Å². The van der Waals surface area contributed by atoms with Gasteiger partial charge in [0.1, 0.15) is 6.61 Å². The number of hydrogen-bond acceptors (Lipinski definition) is 4. The van der Waals surface area contributed by atoms with Gasteiger partial charge in [-0.1, -0.05) is 39.7 Å². The van der Waals surface area contributed by atoms with E-state index in [0.717, 1.165) is 11.0 Å². The number of rotatable bonds is 5. The van der Waals surface area contributed by atoms with Gasteiger partial charge in [0.25, 0.3) is 0 Å². The van der Waals surface area contributed by atoms with Crippen molar-refractivity contribution in [3.8, 4) is 0 Å². The molecule has 0 atom stereocenters. The summed E-state index contributed by atoms with van der Waals surface area (Å²) in [7, 11) is -3.55. The van der Waals surface area contributed by atoms with E-state index in [2.05, 4.69) is 15.9 Å². The van der Waals surface area contributed by atoms with Crippen molar-refractivity contribution in [3.05, 3.63) is 51.9 Å². The maximum atomic E-state index is 12.0. The van der Waals surface area contributed by atoms with Crippen LogP contribution in [0.3, 0.4) is 0 Å². The minimum atomic E-state index is -3.55. The zero-order valence-corrected chi connectivity index (χ0v) is 13.6. The lowest BCUT2D eigenvalue weighted by Gasteiger charge is -2.03. The van der Waals surface area contributed by atoms with Crippen LogP contribution in [0.15, 0.2) is 56.8 Å². The maximum Gasteiger partial charge on any atom is 0.331 e. The summed E-state index contributed by atoms with van der Waals surface area (Å²) < 4.78 is 29.2. The average molecular weight is 359 g/mol. The van der Waals surface area contributed by atoms with Crippen LogP contribution in [-0.2, 0) is 19.4 Å². The highest BCUT2D eigenvalue weighted by Crippen LogP contribution is 2.16. The van der Waals surface area contributed by atoms with E-state index in [-0.39, 0.29) is 16.0 Å². The number of hydrogen-bond donors (Lipinski definition) is 0. The van der Waals surface area contributed by atoms with Gasteiger partial charge >= 0.3 is 5.97 Å². The first-order valence-electron chi connectivity index (χ1n) is 5.79. The Kier molecular flexibility index (Phi) is 6.16. The molecule has 0 aliphatic rings. The summed E-state index contributed by atoms with van der Waals surface area (Å²) in [4.78, 5) is 11.5. The number of carbonyl (C=O) groups excluding carboxylic acids is 1. The molecule has 6 heteroatoms. The smallest absolute Gasteiger partial charge is 0.331 e. The highest BCUT2D eigenvalue weighted by Gasteiger charge is 2.12. The average Bonchev–Trinajstić information content (AvgIpc) is 2.36. The minimum absolute atomic E-state index is 0.130. The first kappa shape index (κ1) is 16.7. The van der Waals surface area contributed by atoms with Gasteiger partial charge in [0.2, 0.25) is 9.84 Å². The number of sulfone groups is 1. The molecule has 0 spiro atoms. The number of ether oxygens (including phenoxy) is 1. The summed E-state index contributed by atoms with van der Waals surface area (Å²) in [5.41, 5.74) is 0.812. The number of benzene rings is 1. The number of esters is 1. The molecule has 0 unspecified atom stereocenters. The predicted molar refractivity (Wildman–Crippen MR) is 81.0 cm³/mol. The van der Waals surface area contributed by atoms with Crippen molar-refractivity contribution in [1.82, 2.24) is 0 Å². The lowest BCUT2D eigenvalue weighted by Crippen LogP contribution is -2.04. The quantitative estimate of drug-likeness (QED) is 0.598. The van der Waals surface area contributed by atoms with Gasteiger partial charge in [-0.15, -0.1) is 0 Å². The summed E-state index contributed by atoms with van der Waals surface area (Å²) >= 11 is 3.09. The van der Waals surface area contributed by atoms with Crippen molar-refractivity contribution in [1.29, 1.82) is 0 Å². The molecule has 1 aromatic rings. The van der Waals surface area contributed by atoms with Crippen LogP contribution in [0.5, 0.6) is 0 Å². The van der Waals surface area contributed by atoms with Crippen LogP contribution in [0.1, 0.15) is 13.8 Å². The molecule has 0 N–H and O–H groups in total. The Labute approximate surface area is 127 Å². The molecule has 0 amide bonds. The summed E-state index contributed by atoms with van der Waals surface area (Å²) in [6, 6.07) is 8.02. The molecule has 0 aromatic heterocycles. The molecule has 0 bridgehead atoms. The van der Waals surface area contributed by atoms with Crippen LogP contribution >= 0.6 is 15.9 Å². The van der Waals surface area contributed by atoms with Crippen LogP contribution in [0.4, 0.5) is 0 Å². The summed E-state index contributed by atoms with van der Waals surface area (Å²) in [5, 5.41) is 1.04. The molecule has 0 fully saturated rings. The van der Waals surface area contributed by atoms with E-state index in [1.807, 2.05) is 0 Å². The Hall–Kier alpha value is -1.40. The third-order valence-electron chi connectivity index (χ3n) is 2.11. The van der Waals surface area contributed by atoms with Gasteiger partial charge in [-0.3, -0.25) is 0 Å². The van der Waals surface area contributed by atoms with Crippen LogP contribution < -0.4 is 0 Å². The zero-order valence-electron chi connectivity index (χ0n) is 11.2. The predicted octanol–water partition coefficient (Wildman–Crippen LogP) is 3.21. The van der Waals surface area contributed by atoms with Crippen molar-refractivity contribution < 1.29 is 17.9 Å². The summed E-state index contributed by atoms with van der Waals surface area (Å²) in [5.74, 6) is -0.507. The van der Waals surface area contributed by atoms with E-state index in [1.54, 1.807) is 32.0 Å². The van der Waals surface area contributed by atoms with Crippen LogP contribution in [-0.4, -0.2) is 21.0 Å². The third-order valence-corrected chi connectivity index (χ3v) is 4.40. The molecule has 108 valence electrons. The van der Waals surface area contributed by atoms with E-state index in [0.29, 0.717) is 0 Å². The van der Waals surface area contributed by atoms with Gasteiger partial charge in [-0.05, 0) is 26.0 Å². The van der Waals surface area contributed by atoms with Gasteiger partial charge in [-0.25, -0.2) is 13.2 Å². The van der Waals surface area contributed by atoms with E-state index in [4.69, 9.17) is 4.74 Å². The second-order valence-electron chi connectivity index (χ2n) is 4.25. The SMILES string of the molecule is CC(C)=CC(=O)OC/C(Br)=C\S(=O)(=O)c1ccccc1. The van der Waals surface area contributed by atoms with Gasteiger partial charge in [-0.2, -0.15) is 0 Å². The molecule has 4 nitrogen and oxygen atoms in total. The summed E-state index contributed by atoms with van der Waals surface area (Å²) in [6.45, 7) is 3.41. The normalized spacial score (nSPS) is 11.8. The molecule has 0 radical (unpaired) electrons. The fraction of sp³-hybridized carbons (Fsp3) is 0.214. The largest absolute Gasteiger partial charge is 0.457 e. The molecule has 0 aliphatic heterocycles. The Balaban J connectivity index is 2.75. The molecular formula is C14H15BrO4S. The van der Waals surface area contributed by atoms with Crippen molar-refractivity contribution in [2.24, 2.45) is 0 Å². The highest BCUT2D eigenvalue weighted by molar-refractivity contribution is 9.11. The van der Waals surface area contributed by atoms with Gasteiger partial charge in [0.15, 0.2) is 0 Å². The number of allylic oxidation sites excluding steroid dienone is 1. The number of carbonyl (C=O) groups is 1. The van der Waals surface area contributed by atoms with Crippen molar-refractivity contribution >= 4 is 31.7 Å². The van der Waals surface area contributed by atoms with Crippen LogP contribution in [0.25, 0.3) is 0 Å². The molecule has 0 saturated heterocycles. The Bertz CT molecular complexity index is 626. The van der Waals surface area contributed by atoms with Crippen molar-refractivity contribution in [2.45, 2.75) is 18.7 Å². The van der Waals surface area contributed by atoms with E-state index < -0.39 is 15.8 Å². The molecule has 1 rings (SSSR count). The van der Waals surface area contributed by atoms with Gasteiger partial charge in [0, 0.05) is 16.0 Å². The molecule has 0 aliphatic carbocycles. The lowest BCUT2D eigenvalue weighted by atomic mass is 10.3.